The zero-order chi connectivity index (χ0) is 13.1. The van der Waals surface area contributed by atoms with Crippen LogP contribution in [0.3, 0.4) is 0 Å². The molecule has 2 aromatic carbocycles. The van der Waals surface area contributed by atoms with Crippen LogP contribution in [0.4, 0.5) is 5.69 Å². The van der Waals surface area contributed by atoms with Gasteiger partial charge in [-0.25, -0.2) is 0 Å². The highest BCUT2D eigenvalue weighted by molar-refractivity contribution is 5.50. The number of rotatable bonds is 2. The Hall–Kier alpha value is -2.27. The number of para-hydroxylation sites is 1. The van der Waals surface area contributed by atoms with Gasteiger partial charge in [-0.05, 0) is 42.7 Å². The van der Waals surface area contributed by atoms with Gasteiger partial charge < -0.3 is 4.90 Å². The molecule has 0 amide bonds. The quantitative estimate of drug-likeness (QED) is 0.806. The first-order valence-corrected chi connectivity index (χ1v) is 6.70. The first kappa shape index (κ1) is 11.8. The Morgan fingerprint density at radius 3 is 2.42 bits per heavy atom. The molecule has 2 nitrogen and oxygen atoms in total. The second-order valence-corrected chi connectivity index (χ2v) is 4.92. The molecule has 1 saturated heterocycles. The zero-order valence-corrected chi connectivity index (χ0v) is 10.8. The number of benzene rings is 2. The van der Waals surface area contributed by atoms with Gasteiger partial charge in [0.05, 0.1) is 17.7 Å². The van der Waals surface area contributed by atoms with Crippen LogP contribution in [0.1, 0.15) is 30.0 Å². The molecule has 1 unspecified atom stereocenters. The van der Waals surface area contributed by atoms with Crippen LogP contribution in [-0.2, 0) is 0 Å². The summed E-state index contributed by atoms with van der Waals surface area (Å²) in [6, 6.07) is 21.2. The molecule has 1 aliphatic heterocycles. The third-order valence-corrected chi connectivity index (χ3v) is 3.77. The van der Waals surface area contributed by atoms with Crippen LogP contribution in [0.5, 0.6) is 0 Å². The summed E-state index contributed by atoms with van der Waals surface area (Å²) in [7, 11) is 0. The maximum atomic E-state index is 8.86. The van der Waals surface area contributed by atoms with Gasteiger partial charge in [-0.3, -0.25) is 0 Å². The van der Waals surface area contributed by atoms with E-state index < -0.39 is 0 Å². The lowest BCUT2D eigenvalue weighted by Gasteiger charge is -2.27. The van der Waals surface area contributed by atoms with Crippen molar-refractivity contribution in [2.45, 2.75) is 18.9 Å². The lowest BCUT2D eigenvalue weighted by molar-refractivity contribution is 0.719. The van der Waals surface area contributed by atoms with Crippen molar-refractivity contribution in [2.75, 3.05) is 11.4 Å². The summed E-state index contributed by atoms with van der Waals surface area (Å²) in [5.41, 5.74) is 3.32. The average Bonchev–Trinajstić information content (AvgIpc) is 2.98. The van der Waals surface area contributed by atoms with Crippen molar-refractivity contribution in [3.05, 3.63) is 65.7 Å². The fourth-order valence-corrected chi connectivity index (χ4v) is 2.82. The molecule has 2 aromatic rings. The van der Waals surface area contributed by atoms with Crippen molar-refractivity contribution < 1.29 is 0 Å². The molecule has 1 aliphatic rings. The van der Waals surface area contributed by atoms with Crippen LogP contribution in [0.25, 0.3) is 0 Å². The molecule has 0 bridgehead atoms. The Labute approximate surface area is 113 Å². The van der Waals surface area contributed by atoms with Crippen LogP contribution >= 0.6 is 0 Å². The number of nitriles is 1. The van der Waals surface area contributed by atoms with Gasteiger partial charge in [0.25, 0.3) is 0 Å². The van der Waals surface area contributed by atoms with Gasteiger partial charge in [-0.15, -0.1) is 0 Å². The first-order valence-electron chi connectivity index (χ1n) is 6.70. The molecule has 94 valence electrons. The average molecular weight is 248 g/mol. The molecule has 1 heterocycles. The van der Waals surface area contributed by atoms with E-state index in [4.69, 9.17) is 5.26 Å². The smallest absolute Gasteiger partial charge is 0.0991 e. The Bertz CT molecular complexity index is 581. The third-order valence-electron chi connectivity index (χ3n) is 3.77. The number of nitrogens with zero attached hydrogens (tertiary/aromatic N) is 2. The van der Waals surface area contributed by atoms with E-state index in [0.29, 0.717) is 6.04 Å². The normalized spacial score (nSPS) is 18.3. The molecule has 0 saturated carbocycles. The molecule has 0 spiro atoms. The van der Waals surface area contributed by atoms with E-state index in [2.05, 4.69) is 53.4 Å². The van der Waals surface area contributed by atoms with E-state index in [1.54, 1.807) is 0 Å². The molecular weight excluding hydrogens is 232 g/mol. The third kappa shape index (κ3) is 2.32. The summed E-state index contributed by atoms with van der Waals surface area (Å²) in [5, 5.41) is 8.86. The summed E-state index contributed by atoms with van der Waals surface area (Å²) in [6.45, 7) is 1.11. The van der Waals surface area contributed by atoms with Gasteiger partial charge in [-0.2, -0.15) is 5.26 Å². The molecule has 0 N–H and O–H groups in total. The lowest BCUT2D eigenvalue weighted by Crippen LogP contribution is -2.22. The minimum absolute atomic E-state index is 0.440. The van der Waals surface area contributed by atoms with Gasteiger partial charge in [-0.1, -0.05) is 30.3 Å². The highest BCUT2D eigenvalue weighted by Gasteiger charge is 2.25. The fourth-order valence-electron chi connectivity index (χ4n) is 2.82. The van der Waals surface area contributed by atoms with E-state index in [1.165, 1.54) is 24.1 Å². The van der Waals surface area contributed by atoms with Crippen molar-refractivity contribution in [1.82, 2.24) is 0 Å². The second kappa shape index (κ2) is 5.16. The Balaban J connectivity index is 1.89. The van der Waals surface area contributed by atoms with E-state index in [1.807, 2.05) is 12.1 Å². The predicted octanol–water partition coefficient (Wildman–Crippen LogP) is 3.90. The van der Waals surface area contributed by atoms with E-state index in [9.17, 15) is 0 Å². The molecule has 1 atom stereocenters. The molecule has 0 aromatic heterocycles. The van der Waals surface area contributed by atoms with E-state index in [-0.39, 0.29) is 0 Å². The van der Waals surface area contributed by atoms with Crippen LogP contribution < -0.4 is 4.90 Å². The lowest BCUT2D eigenvalue weighted by atomic mass is 10.0. The van der Waals surface area contributed by atoms with Gasteiger partial charge in [0.15, 0.2) is 0 Å². The molecule has 19 heavy (non-hydrogen) atoms. The van der Waals surface area contributed by atoms with E-state index in [0.717, 1.165) is 12.1 Å². The van der Waals surface area contributed by atoms with Crippen molar-refractivity contribution >= 4 is 5.69 Å². The molecule has 0 aliphatic carbocycles. The van der Waals surface area contributed by atoms with Gasteiger partial charge in [0.1, 0.15) is 0 Å². The van der Waals surface area contributed by atoms with Crippen molar-refractivity contribution in [1.29, 1.82) is 5.26 Å². The number of hydrogen-bond acceptors (Lipinski definition) is 2. The molecular formula is C17H16N2. The van der Waals surface area contributed by atoms with Crippen LogP contribution in [0, 0.1) is 11.3 Å². The zero-order valence-electron chi connectivity index (χ0n) is 10.8. The minimum Gasteiger partial charge on any atom is -0.364 e. The summed E-state index contributed by atoms with van der Waals surface area (Å²) < 4.78 is 0. The van der Waals surface area contributed by atoms with Crippen molar-refractivity contribution in [3.63, 3.8) is 0 Å². The fraction of sp³-hybridized carbons (Fsp3) is 0.235. The standard InChI is InChI=1S/C17H16N2/c18-13-14-8-10-15(11-9-14)17-7-4-12-19(17)16-5-2-1-3-6-16/h1-3,5-6,8-11,17H,4,7,12H2. The van der Waals surface area contributed by atoms with Gasteiger partial charge >= 0.3 is 0 Å². The SMILES string of the molecule is N#Cc1ccc(C2CCCN2c2ccccc2)cc1. The van der Waals surface area contributed by atoms with Crippen molar-refractivity contribution in [2.24, 2.45) is 0 Å². The monoisotopic (exact) mass is 248 g/mol. The maximum Gasteiger partial charge on any atom is 0.0991 e. The summed E-state index contributed by atoms with van der Waals surface area (Å²) in [5.74, 6) is 0. The summed E-state index contributed by atoms with van der Waals surface area (Å²) >= 11 is 0. The highest BCUT2D eigenvalue weighted by atomic mass is 15.2. The Morgan fingerprint density at radius 2 is 1.74 bits per heavy atom. The first-order chi connectivity index (χ1) is 9.38. The Kier molecular flexibility index (Phi) is 3.20. The molecule has 3 rings (SSSR count). The van der Waals surface area contributed by atoms with Crippen molar-refractivity contribution in [3.8, 4) is 6.07 Å². The van der Waals surface area contributed by atoms with Gasteiger partial charge in [0, 0.05) is 12.2 Å². The van der Waals surface area contributed by atoms with Crippen LogP contribution in [0.15, 0.2) is 54.6 Å². The summed E-state index contributed by atoms with van der Waals surface area (Å²) in [4.78, 5) is 2.46. The number of hydrogen-bond donors (Lipinski definition) is 0. The Morgan fingerprint density at radius 1 is 1.00 bits per heavy atom. The number of anilines is 1. The van der Waals surface area contributed by atoms with E-state index >= 15 is 0 Å². The second-order valence-electron chi connectivity index (χ2n) is 4.92. The minimum atomic E-state index is 0.440. The molecule has 2 heteroatoms. The maximum absolute atomic E-state index is 8.86. The van der Waals surface area contributed by atoms with Gasteiger partial charge in [0.2, 0.25) is 0 Å². The molecule has 1 fully saturated rings. The van der Waals surface area contributed by atoms with Crippen LogP contribution in [-0.4, -0.2) is 6.54 Å². The summed E-state index contributed by atoms with van der Waals surface area (Å²) in [6.07, 6.45) is 2.40. The predicted molar refractivity (Wildman–Crippen MR) is 76.9 cm³/mol. The molecule has 0 radical (unpaired) electrons. The largest absolute Gasteiger partial charge is 0.364 e. The topological polar surface area (TPSA) is 27.0 Å². The highest BCUT2D eigenvalue weighted by Crippen LogP contribution is 2.35. The van der Waals surface area contributed by atoms with Crippen LogP contribution in [0.2, 0.25) is 0 Å².